The number of benzene rings is 8. The maximum atomic E-state index is 13.2. The fraction of sp³-hybridized carbons (Fsp3) is 0.262. The SMILES string of the molecule is CC(=O)CC1=Cc2c(Cl)c(O)cc(O)c2C(=O)O[C@@H](c2ccccc2)C/C=C/CCC=C1.CC(=O)CC1=Cc2cc(O)cc(O)c2C(=O)O[C@@H](c2ccccc2)C/C=C/CCC=C1.CC(=O)CC1=Cc2cc(O)cc(O)c2C(=O)O[C@H](c2ccccc2)C/C=C/CCC=C1.CON(C)C(=O)CC1CC/C=C/C[C@H](c2ccccc2)OC(=O)c2c(O)cc(O)cc2C1. The van der Waals surface area contributed by atoms with Gasteiger partial charge in [0.2, 0.25) is 5.91 Å². The summed E-state index contributed by atoms with van der Waals surface area (Å²) in [5.74, 6) is -5.75. The highest BCUT2D eigenvalue weighted by Crippen LogP contribution is 2.42. The molecule has 0 saturated carbocycles. The van der Waals surface area contributed by atoms with Gasteiger partial charge >= 0.3 is 23.9 Å². The van der Waals surface area contributed by atoms with Crippen LogP contribution in [0, 0.1) is 5.92 Å². The minimum atomic E-state index is -0.777. The quantitative estimate of drug-likeness (QED) is 0.0230. The smallest absolute Gasteiger partial charge is 0.343 e. The molecular weight excluding hydrogens is 1620 g/mol. The van der Waals surface area contributed by atoms with Crippen LogP contribution in [0.25, 0.3) is 18.2 Å². The van der Waals surface area contributed by atoms with Crippen molar-refractivity contribution < 1.29 is 103 Å². The van der Waals surface area contributed by atoms with Crippen LogP contribution in [0.3, 0.4) is 0 Å². The van der Waals surface area contributed by atoms with E-state index in [1.165, 1.54) is 57.2 Å². The van der Waals surface area contributed by atoms with Gasteiger partial charge in [-0.25, -0.2) is 24.2 Å². The number of ketones is 3. The molecule has 0 aromatic heterocycles. The standard InChI is InChI=1S/C26H25ClO5.2C26H26O5.C25H29NO6/c1-17(28)14-18-10-6-3-2-4-9-13-23(19-11-7-5-8-12-19)32-26(31)24-20(15-18)25(27)22(30)16-21(24)29;2*1-18(27)14-19-10-6-3-2-4-9-13-24(20-11-7-5-8-12-20)31-26(30)25-21(15-19)16-22(28)17-23(25)29;1-26(31-2)23(29)14-17-9-5-3-8-12-22(18-10-6-4-7-11-18)32-25(30)24-19(13-17)15-20(27)16-21(24)28/h4-12,15-16,23,29-30H,2-3,13-14H2,1H3;2*4-12,15-17,24,28-29H,2-3,13-14H2,1H3;3-4,6-8,10-11,15-17,22,27-28H,5,9,12-14H2,1-2H3/b9-4+,10-6?,18-15?;2*9-4+,10-6?,19-15?;8-3+/t23-;2*24-;17?,22-/m1101/s1. The maximum absolute atomic E-state index is 13.2. The van der Waals surface area contributed by atoms with Crippen LogP contribution in [0.2, 0.25) is 5.02 Å². The first kappa shape index (κ1) is 96.0. The summed E-state index contributed by atoms with van der Waals surface area (Å²) in [6, 6.07) is 46.2. The minimum absolute atomic E-state index is 0.0193. The molecule has 0 aliphatic carbocycles. The Balaban J connectivity index is 0.000000190. The highest BCUT2D eigenvalue weighted by Gasteiger charge is 2.31. The fourth-order valence-corrected chi connectivity index (χ4v) is 14.6. The van der Waals surface area contributed by atoms with Gasteiger partial charge in [-0.15, -0.1) is 0 Å². The van der Waals surface area contributed by atoms with Gasteiger partial charge in [-0.1, -0.05) is 230 Å². The van der Waals surface area contributed by atoms with Gasteiger partial charge in [0, 0.05) is 88.2 Å². The predicted molar refractivity (Wildman–Crippen MR) is 483 cm³/mol. The highest BCUT2D eigenvalue weighted by atomic mass is 35.5. The second-order valence-electron chi connectivity index (χ2n) is 30.6. The van der Waals surface area contributed by atoms with Crippen molar-refractivity contribution in [1.82, 2.24) is 5.06 Å². The molecule has 8 N–H and O–H groups in total. The number of esters is 4. The first-order chi connectivity index (χ1) is 60.6. The summed E-state index contributed by atoms with van der Waals surface area (Å²) in [7, 11) is 2.97. The molecule has 656 valence electrons. The molecule has 1 unspecified atom stereocenters. The van der Waals surface area contributed by atoms with Crippen molar-refractivity contribution in [3.8, 4) is 46.0 Å². The molecule has 22 nitrogen and oxygen atoms in total. The van der Waals surface area contributed by atoms with Crippen molar-refractivity contribution in [2.24, 2.45) is 5.92 Å². The number of amides is 1. The van der Waals surface area contributed by atoms with Crippen LogP contribution in [0.4, 0.5) is 0 Å². The Morgan fingerprint density at radius 1 is 0.389 bits per heavy atom. The lowest BCUT2D eigenvalue weighted by atomic mass is 9.88. The molecule has 23 heteroatoms. The number of carbonyl (C=O) groups excluding carboxylic acids is 8. The van der Waals surface area contributed by atoms with E-state index in [2.05, 4.69) is 0 Å². The second-order valence-corrected chi connectivity index (χ2v) is 31.0. The molecule has 5 atom stereocenters. The molecule has 4 aliphatic heterocycles. The van der Waals surface area contributed by atoms with Crippen LogP contribution in [-0.4, -0.2) is 107 Å². The molecule has 0 fully saturated rings. The summed E-state index contributed by atoms with van der Waals surface area (Å²) in [5.41, 5.74) is 6.21. The Hall–Kier alpha value is -13.8. The van der Waals surface area contributed by atoms with Crippen molar-refractivity contribution in [3.63, 3.8) is 0 Å². The number of hydrogen-bond acceptors (Lipinski definition) is 21. The van der Waals surface area contributed by atoms with Crippen molar-refractivity contribution in [2.45, 2.75) is 154 Å². The van der Waals surface area contributed by atoms with Crippen molar-refractivity contribution in [1.29, 1.82) is 0 Å². The molecule has 1 amide bonds. The summed E-state index contributed by atoms with van der Waals surface area (Å²) in [6.45, 7) is 4.44. The van der Waals surface area contributed by atoms with E-state index in [0.717, 1.165) is 91.5 Å². The lowest BCUT2D eigenvalue weighted by molar-refractivity contribution is -0.169. The molecule has 12 rings (SSSR count). The Morgan fingerprint density at radius 2 is 0.706 bits per heavy atom. The average molecular weight is 1730 g/mol. The molecule has 4 aliphatic rings. The van der Waals surface area contributed by atoms with E-state index in [4.69, 9.17) is 35.4 Å². The van der Waals surface area contributed by atoms with Crippen molar-refractivity contribution in [3.05, 3.63) is 337 Å². The third kappa shape index (κ3) is 29.7. The maximum Gasteiger partial charge on any atom is 0.343 e. The van der Waals surface area contributed by atoms with Gasteiger partial charge in [-0.2, -0.15) is 0 Å². The van der Waals surface area contributed by atoms with Gasteiger partial charge in [0.05, 0.1) is 12.1 Å². The summed E-state index contributed by atoms with van der Waals surface area (Å²) in [6.07, 6.45) is 39.2. The van der Waals surface area contributed by atoms with Crippen molar-refractivity contribution in [2.75, 3.05) is 14.2 Å². The summed E-state index contributed by atoms with van der Waals surface area (Å²) < 4.78 is 23.2. The Labute approximate surface area is 738 Å². The van der Waals surface area contributed by atoms with Crippen LogP contribution >= 0.6 is 11.6 Å². The fourth-order valence-electron chi connectivity index (χ4n) is 14.4. The lowest BCUT2D eigenvalue weighted by Crippen LogP contribution is -2.28. The zero-order valence-corrected chi connectivity index (χ0v) is 71.8. The Kier molecular flexibility index (Phi) is 37.2. The normalized spacial score (nSPS) is 18.7. The number of rotatable bonds is 13. The van der Waals surface area contributed by atoms with Crippen LogP contribution < -0.4 is 0 Å². The molecule has 0 saturated heterocycles. The molecule has 0 bridgehead atoms. The van der Waals surface area contributed by atoms with Crippen molar-refractivity contribution >= 4 is 77.0 Å². The number of cyclic esters (lactones) is 4. The number of hydrogen-bond donors (Lipinski definition) is 8. The summed E-state index contributed by atoms with van der Waals surface area (Å²) in [4.78, 5) is 105. The summed E-state index contributed by atoms with van der Waals surface area (Å²) >= 11 is 6.32. The van der Waals surface area contributed by atoms with Gasteiger partial charge in [-0.3, -0.25) is 24.0 Å². The van der Waals surface area contributed by atoms with E-state index < -0.39 is 54.0 Å². The number of fused-ring (bicyclic) bond motifs is 4. The Morgan fingerprint density at radius 3 is 1.07 bits per heavy atom. The number of hydroxylamine groups is 2. The van der Waals surface area contributed by atoms with E-state index >= 15 is 0 Å². The number of nitrogens with zero attached hydrogens (tertiary/aromatic N) is 1. The third-order valence-corrected chi connectivity index (χ3v) is 20.9. The number of phenols is 8. The van der Waals surface area contributed by atoms with E-state index in [1.807, 2.05) is 200 Å². The molecule has 0 radical (unpaired) electrons. The minimum Gasteiger partial charge on any atom is -0.508 e. The van der Waals surface area contributed by atoms with Crippen LogP contribution in [0.5, 0.6) is 46.0 Å². The topological polar surface area (TPSA) is 348 Å². The van der Waals surface area contributed by atoms with Gasteiger partial charge in [-0.05, 0) is 164 Å². The zero-order valence-electron chi connectivity index (χ0n) is 71.0. The zero-order chi connectivity index (χ0) is 90.6. The predicted octanol–water partition coefficient (Wildman–Crippen LogP) is 21.9. The lowest BCUT2D eigenvalue weighted by Gasteiger charge is -2.23. The largest absolute Gasteiger partial charge is 0.508 e. The molecule has 126 heavy (non-hydrogen) atoms. The summed E-state index contributed by atoms with van der Waals surface area (Å²) in [5, 5.41) is 83.1. The number of halogens is 1. The number of ether oxygens (including phenoxy) is 4. The molecular formula is C103H106ClNO21. The second kappa shape index (κ2) is 48.9. The Bertz CT molecular complexity index is 5300. The average Bonchev–Trinajstić information content (AvgIpc) is 0.797. The van der Waals surface area contributed by atoms with Gasteiger partial charge in [0.15, 0.2) is 0 Å². The molecule has 4 heterocycles. The van der Waals surface area contributed by atoms with Crippen LogP contribution in [-0.2, 0) is 49.4 Å². The molecule has 0 spiro atoms. The molecule has 8 aromatic rings. The number of carbonyl (C=O) groups is 8. The van der Waals surface area contributed by atoms with Crippen LogP contribution in [0.1, 0.15) is 234 Å². The van der Waals surface area contributed by atoms with E-state index in [1.54, 1.807) is 25.3 Å². The van der Waals surface area contributed by atoms with Gasteiger partial charge in [0.25, 0.3) is 0 Å². The van der Waals surface area contributed by atoms with E-state index in [0.29, 0.717) is 71.9 Å². The first-order valence-electron chi connectivity index (χ1n) is 41.6. The number of Topliss-reactive ketones (excluding diaryl/α,β-unsaturated/α-hetero) is 3. The van der Waals surface area contributed by atoms with E-state index in [-0.39, 0.29) is 128 Å². The van der Waals surface area contributed by atoms with Gasteiger partial charge < -0.3 is 59.8 Å². The molecule has 8 aromatic carbocycles. The van der Waals surface area contributed by atoms with Gasteiger partial charge in [0.1, 0.15) is 110 Å². The number of aromatic hydroxyl groups is 8. The van der Waals surface area contributed by atoms with E-state index in [9.17, 15) is 79.2 Å². The first-order valence-corrected chi connectivity index (χ1v) is 42.0. The van der Waals surface area contributed by atoms with Crippen LogP contribution in [0.15, 0.2) is 266 Å². The number of allylic oxidation sites excluding steroid dienone is 13. The highest BCUT2D eigenvalue weighted by molar-refractivity contribution is 6.34. The monoisotopic (exact) mass is 1730 g/mol. The third-order valence-electron chi connectivity index (χ3n) is 20.5. The number of phenolic OH excluding ortho intramolecular Hbond substituents is 8.